The van der Waals surface area contributed by atoms with E-state index in [1.54, 1.807) is 24.3 Å². The predicted octanol–water partition coefficient (Wildman–Crippen LogP) is 1.43. The Hall–Kier alpha value is -1.62. The van der Waals surface area contributed by atoms with Crippen molar-refractivity contribution in [2.24, 2.45) is 5.18 Å². The first-order valence-electron chi connectivity index (χ1n) is 4.68. The zero-order valence-corrected chi connectivity index (χ0v) is 8.39. The normalized spacial score (nSPS) is 9.87. The van der Waals surface area contributed by atoms with Gasteiger partial charge < -0.3 is 15.2 Å². The van der Waals surface area contributed by atoms with Gasteiger partial charge >= 0.3 is 0 Å². The van der Waals surface area contributed by atoms with E-state index < -0.39 is 0 Å². The standard InChI is InChI=1S/C10H14N2O3/c11-9-1-3-10(4-2-9)15-8-7-14-6-5-12-13/h1-4H,5-8,11H2. The minimum atomic E-state index is 0.182. The zero-order valence-electron chi connectivity index (χ0n) is 8.39. The molecular weight excluding hydrogens is 196 g/mol. The molecule has 0 fully saturated rings. The Morgan fingerprint density at radius 3 is 2.53 bits per heavy atom. The van der Waals surface area contributed by atoms with E-state index in [1.807, 2.05) is 0 Å². The van der Waals surface area contributed by atoms with E-state index in [4.69, 9.17) is 15.2 Å². The molecule has 82 valence electrons. The Kier molecular flexibility index (Phi) is 5.18. The van der Waals surface area contributed by atoms with Crippen LogP contribution in [0.5, 0.6) is 5.75 Å². The summed E-state index contributed by atoms with van der Waals surface area (Å²) in [5, 5.41) is 2.67. The van der Waals surface area contributed by atoms with Crippen LogP contribution in [0.25, 0.3) is 0 Å². The Bertz CT molecular complexity index is 287. The van der Waals surface area contributed by atoms with Crippen LogP contribution in [0, 0.1) is 4.91 Å². The molecule has 1 rings (SSSR count). The van der Waals surface area contributed by atoms with Crippen molar-refractivity contribution in [3.05, 3.63) is 29.2 Å². The Labute approximate surface area is 88.2 Å². The molecule has 0 radical (unpaired) electrons. The van der Waals surface area contributed by atoms with Crippen LogP contribution in [0.2, 0.25) is 0 Å². The molecule has 0 aliphatic carbocycles. The van der Waals surface area contributed by atoms with Crippen molar-refractivity contribution in [1.29, 1.82) is 0 Å². The highest BCUT2D eigenvalue weighted by molar-refractivity contribution is 5.41. The monoisotopic (exact) mass is 210 g/mol. The number of hydrogen-bond acceptors (Lipinski definition) is 5. The van der Waals surface area contributed by atoms with Gasteiger partial charge in [0.1, 0.15) is 18.9 Å². The Balaban J connectivity index is 2.09. The van der Waals surface area contributed by atoms with Gasteiger partial charge in [-0.2, -0.15) is 4.91 Å². The van der Waals surface area contributed by atoms with Crippen molar-refractivity contribution in [3.8, 4) is 5.75 Å². The second-order valence-corrected chi connectivity index (χ2v) is 2.88. The summed E-state index contributed by atoms with van der Waals surface area (Å²) in [7, 11) is 0. The SMILES string of the molecule is Nc1ccc(OCCOCCN=O)cc1. The number of anilines is 1. The molecule has 0 aromatic heterocycles. The summed E-state index contributed by atoms with van der Waals surface area (Å²) >= 11 is 0. The highest BCUT2D eigenvalue weighted by Gasteiger charge is 1.93. The lowest BCUT2D eigenvalue weighted by Gasteiger charge is -2.06. The van der Waals surface area contributed by atoms with Crippen LogP contribution in [0.1, 0.15) is 0 Å². The van der Waals surface area contributed by atoms with Crippen LogP contribution in [0.15, 0.2) is 29.4 Å². The highest BCUT2D eigenvalue weighted by Crippen LogP contribution is 2.12. The highest BCUT2D eigenvalue weighted by atomic mass is 16.5. The summed E-state index contributed by atoms with van der Waals surface area (Å²) in [6, 6.07) is 7.13. The molecule has 2 N–H and O–H groups in total. The van der Waals surface area contributed by atoms with Gasteiger partial charge in [-0.1, -0.05) is 5.18 Å². The first-order valence-corrected chi connectivity index (χ1v) is 4.68. The summed E-state index contributed by atoms with van der Waals surface area (Å²) in [4.78, 5) is 9.72. The molecule has 0 spiro atoms. The molecule has 0 heterocycles. The minimum Gasteiger partial charge on any atom is -0.491 e. The molecule has 0 aliphatic heterocycles. The van der Waals surface area contributed by atoms with Crippen molar-refractivity contribution in [2.75, 3.05) is 32.1 Å². The number of ether oxygens (including phenoxy) is 2. The lowest BCUT2D eigenvalue weighted by Crippen LogP contribution is -2.08. The largest absolute Gasteiger partial charge is 0.491 e. The number of nitrogens with two attached hydrogens (primary N) is 1. The van der Waals surface area contributed by atoms with Crippen molar-refractivity contribution < 1.29 is 9.47 Å². The van der Waals surface area contributed by atoms with E-state index in [0.717, 1.165) is 5.75 Å². The molecule has 15 heavy (non-hydrogen) atoms. The quantitative estimate of drug-likeness (QED) is 0.419. The van der Waals surface area contributed by atoms with Crippen LogP contribution in [-0.4, -0.2) is 26.4 Å². The van der Waals surface area contributed by atoms with Gasteiger partial charge in [-0.25, -0.2) is 0 Å². The van der Waals surface area contributed by atoms with Crippen LogP contribution >= 0.6 is 0 Å². The third-order valence-corrected chi connectivity index (χ3v) is 1.70. The number of nitrogen functional groups attached to an aromatic ring is 1. The maximum Gasteiger partial charge on any atom is 0.119 e. The first kappa shape index (κ1) is 11.5. The van der Waals surface area contributed by atoms with Crippen LogP contribution in [0.4, 0.5) is 5.69 Å². The first-order chi connectivity index (χ1) is 7.33. The Morgan fingerprint density at radius 1 is 1.13 bits per heavy atom. The lowest BCUT2D eigenvalue weighted by molar-refractivity contribution is 0.106. The molecule has 0 aliphatic rings. The molecule has 5 heteroatoms. The fourth-order valence-corrected chi connectivity index (χ4v) is 0.986. The fraction of sp³-hybridized carbons (Fsp3) is 0.400. The van der Waals surface area contributed by atoms with Crippen molar-refractivity contribution in [2.45, 2.75) is 0 Å². The van der Waals surface area contributed by atoms with E-state index in [0.29, 0.717) is 25.5 Å². The number of rotatable bonds is 7. The zero-order chi connectivity index (χ0) is 10.9. The topological polar surface area (TPSA) is 73.9 Å². The van der Waals surface area contributed by atoms with Gasteiger partial charge in [-0.3, -0.25) is 0 Å². The maximum absolute atomic E-state index is 9.72. The summed E-state index contributed by atoms with van der Waals surface area (Å²) in [6.07, 6.45) is 0. The number of hydrogen-bond donors (Lipinski definition) is 1. The lowest BCUT2D eigenvalue weighted by atomic mass is 10.3. The molecule has 1 aromatic carbocycles. The number of benzene rings is 1. The van der Waals surface area contributed by atoms with Crippen molar-refractivity contribution in [1.82, 2.24) is 0 Å². The number of nitrogens with zero attached hydrogens (tertiary/aromatic N) is 1. The van der Waals surface area contributed by atoms with Gasteiger partial charge in [0.05, 0.1) is 13.2 Å². The van der Waals surface area contributed by atoms with Gasteiger partial charge in [-0.15, -0.1) is 0 Å². The van der Waals surface area contributed by atoms with Gasteiger partial charge in [0, 0.05) is 5.69 Å². The molecule has 0 atom stereocenters. The average molecular weight is 210 g/mol. The second-order valence-electron chi connectivity index (χ2n) is 2.88. The van der Waals surface area contributed by atoms with E-state index in [9.17, 15) is 4.91 Å². The smallest absolute Gasteiger partial charge is 0.119 e. The third kappa shape index (κ3) is 4.97. The van der Waals surface area contributed by atoms with Gasteiger partial charge in [-0.05, 0) is 24.3 Å². The van der Waals surface area contributed by atoms with E-state index in [1.165, 1.54) is 0 Å². The predicted molar refractivity (Wildman–Crippen MR) is 57.8 cm³/mol. The average Bonchev–Trinajstić information content (AvgIpc) is 2.26. The van der Waals surface area contributed by atoms with Crippen LogP contribution < -0.4 is 10.5 Å². The molecule has 0 bridgehead atoms. The van der Waals surface area contributed by atoms with Crippen molar-refractivity contribution >= 4 is 5.69 Å². The summed E-state index contributed by atoms with van der Waals surface area (Å²) in [6.45, 7) is 1.42. The molecule has 0 saturated heterocycles. The minimum absolute atomic E-state index is 0.182. The van der Waals surface area contributed by atoms with Crippen LogP contribution in [-0.2, 0) is 4.74 Å². The second kappa shape index (κ2) is 6.78. The van der Waals surface area contributed by atoms with Gasteiger partial charge in [0.2, 0.25) is 0 Å². The molecule has 0 saturated carbocycles. The van der Waals surface area contributed by atoms with Gasteiger partial charge in [0.25, 0.3) is 0 Å². The maximum atomic E-state index is 9.72. The molecule has 0 unspecified atom stereocenters. The molecule has 1 aromatic rings. The molecule has 0 amide bonds. The van der Waals surface area contributed by atoms with Crippen LogP contribution in [0.3, 0.4) is 0 Å². The van der Waals surface area contributed by atoms with E-state index in [2.05, 4.69) is 5.18 Å². The molecule has 5 nitrogen and oxygen atoms in total. The summed E-state index contributed by atoms with van der Waals surface area (Å²) in [5.74, 6) is 0.751. The summed E-state index contributed by atoms with van der Waals surface area (Å²) < 4.78 is 10.4. The fourth-order valence-electron chi connectivity index (χ4n) is 0.986. The number of nitroso groups, excluding NO2 is 1. The van der Waals surface area contributed by atoms with E-state index in [-0.39, 0.29) is 6.54 Å². The third-order valence-electron chi connectivity index (χ3n) is 1.70. The molecular formula is C10H14N2O3. The Morgan fingerprint density at radius 2 is 1.87 bits per heavy atom. The van der Waals surface area contributed by atoms with Crippen molar-refractivity contribution in [3.63, 3.8) is 0 Å². The summed E-state index contributed by atoms with van der Waals surface area (Å²) in [5.41, 5.74) is 6.22. The van der Waals surface area contributed by atoms with E-state index >= 15 is 0 Å². The van der Waals surface area contributed by atoms with Gasteiger partial charge in [0.15, 0.2) is 0 Å².